The lowest BCUT2D eigenvalue weighted by molar-refractivity contribution is 0.575. The van der Waals surface area contributed by atoms with Crippen LogP contribution in [0.5, 0.6) is 0 Å². The van der Waals surface area contributed by atoms with Crippen LogP contribution in [0, 0.1) is 0 Å². The smallest absolute Gasteiger partial charge is 0.299 e. The first-order valence-corrected chi connectivity index (χ1v) is 6.93. The van der Waals surface area contributed by atoms with Crippen molar-refractivity contribution in [2.45, 2.75) is 19.9 Å². The number of nitrogens with one attached hydrogen (secondary N) is 2. The highest BCUT2D eigenvalue weighted by molar-refractivity contribution is 9.10. The highest BCUT2D eigenvalue weighted by Crippen LogP contribution is 2.25. The van der Waals surface area contributed by atoms with E-state index in [0.29, 0.717) is 15.8 Å². The van der Waals surface area contributed by atoms with Crippen LogP contribution in [-0.4, -0.2) is 14.5 Å². The maximum Gasteiger partial charge on any atom is 0.299 e. The van der Waals surface area contributed by atoms with Crippen LogP contribution >= 0.6 is 15.9 Å². The Labute approximate surface area is 104 Å². The van der Waals surface area contributed by atoms with Crippen LogP contribution in [0.3, 0.4) is 0 Å². The number of hydrogen-bond donors (Lipinski definition) is 3. The third kappa shape index (κ3) is 3.99. The van der Waals surface area contributed by atoms with Gasteiger partial charge in [-0.1, -0.05) is 0 Å². The summed E-state index contributed by atoms with van der Waals surface area (Å²) >= 11 is 3.24. The number of nitrogen functional groups attached to an aromatic ring is 1. The van der Waals surface area contributed by atoms with Crippen LogP contribution in [0.25, 0.3) is 0 Å². The molecule has 0 aliphatic carbocycles. The predicted molar refractivity (Wildman–Crippen MR) is 69.4 cm³/mol. The lowest BCUT2D eigenvalue weighted by Gasteiger charge is -2.13. The molecule has 4 N–H and O–H groups in total. The normalized spacial score (nSPS) is 11.8. The maximum absolute atomic E-state index is 11.6. The van der Waals surface area contributed by atoms with Gasteiger partial charge in [0.25, 0.3) is 10.2 Å². The van der Waals surface area contributed by atoms with E-state index < -0.39 is 10.2 Å². The Balaban J connectivity index is 2.92. The van der Waals surface area contributed by atoms with E-state index in [4.69, 9.17) is 5.73 Å². The fourth-order valence-electron chi connectivity index (χ4n) is 1.11. The van der Waals surface area contributed by atoms with Crippen molar-refractivity contribution in [3.8, 4) is 0 Å². The number of rotatable bonds is 4. The topological polar surface area (TPSA) is 84.2 Å². The second-order valence-corrected chi connectivity index (χ2v) is 5.92. The molecule has 1 rings (SSSR count). The molecule has 0 amide bonds. The van der Waals surface area contributed by atoms with E-state index in [9.17, 15) is 8.42 Å². The Morgan fingerprint density at radius 1 is 1.38 bits per heavy atom. The molecule has 0 radical (unpaired) electrons. The summed E-state index contributed by atoms with van der Waals surface area (Å²) in [6.07, 6.45) is 0. The highest BCUT2D eigenvalue weighted by atomic mass is 79.9. The molecule has 16 heavy (non-hydrogen) atoms. The van der Waals surface area contributed by atoms with Gasteiger partial charge in [0, 0.05) is 16.2 Å². The van der Waals surface area contributed by atoms with Gasteiger partial charge in [0.05, 0.1) is 5.69 Å². The van der Waals surface area contributed by atoms with Crippen molar-refractivity contribution in [2.24, 2.45) is 0 Å². The third-order valence-corrected chi connectivity index (χ3v) is 3.59. The summed E-state index contributed by atoms with van der Waals surface area (Å²) in [4.78, 5) is 0. The van der Waals surface area contributed by atoms with Gasteiger partial charge in [-0.2, -0.15) is 13.1 Å². The van der Waals surface area contributed by atoms with Crippen molar-refractivity contribution in [3.05, 3.63) is 22.7 Å². The molecular weight excluding hydrogens is 294 g/mol. The summed E-state index contributed by atoms with van der Waals surface area (Å²) in [5.74, 6) is 0. The molecule has 0 unspecified atom stereocenters. The van der Waals surface area contributed by atoms with E-state index >= 15 is 0 Å². The number of halogens is 1. The van der Waals surface area contributed by atoms with Gasteiger partial charge in [0.1, 0.15) is 0 Å². The summed E-state index contributed by atoms with van der Waals surface area (Å²) in [6, 6.07) is 4.74. The van der Waals surface area contributed by atoms with E-state index in [2.05, 4.69) is 25.4 Å². The Morgan fingerprint density at radius 3 is 2.56 bits per heavy atom. The largest absolute Gasteiger partial charge is 0.399 e. The fraction of sp³-hybridized carbons (Fsp3) is 0.333. The molecule has 0 saturated heterocycles. The minimum absolute atomic E-state index is 0.169. The standard InChI is InChI=1S/C9H14BrN3O2S/c1-6(2)12-16(14,15)13-9-5-7(11)3-4-8(9)10/h3-6,12-13H,11H2,1-2H3. The lowest BCUT2D eigenvalue weighted by Crippen LogP contribution is -2.35. The summed E-state index contributed by atoms with van der Waals surface area (Å²) in [5, 5.41) is 0. The molecule has 0 heterocycles. The molecule has 5 nitrogen and oxygen atoms in total. The first-order chi connectivity index (χ1) is 7.30. The minimum Gasteiger partial charge on any atom is -0.399 e. The van der Waals surface area contributed by atoms with Crippen LogP contribution in [0.1, 0.15) is 13.8 Å². The van der Waals surface area contributed by atoms with Crippen molar-refractivity contribution < 1.29 is 8.42 Å². The van der Waals surface area contributed by atoms with E-state index in [1.54, 1.807) is 32.0 Å². The molecule has 0 atom stereocenters. The molecule has 0 bridgehead atoms. The average Bonchev–Trinajstić information content (AvgIpc) is 2.08. The summed E-state index contributed by atoms with van der Waals surface area (Å²) in [5.41, 5.74) is 6.47. The molecule has 7 heteroatoms. The van der Waals surface area contributed by atoms with Gasteiger partial charge in [0.15, 0.2) is 0 Å². The Kier molecular flexibility index (Phi) is 4.17. The van der Waals surface area contributed by atoms with Crippen molar-refractivity contribution in [1.29, 1.82) is 0 Å². The minimum atomic E-state index is -3.56. The summed E-state index contributed by atoms with van der Waals surface area (Å²) < 4.78 is 28.6. The predicted octanol–water partition coefficient (Wildman–Crippen LogP) is 1.69. The zero-order valence-corrected chi connectivity index (χ0v) is 11.4. The second kappa shape index (κ2) is 5.03. The van der Waals surface area contributed by atoms with Gasteiger partial charge in [-0.15, -0.1) is 0 Å². The maximum atomic E-state index is 11.6. The first-order valence-electron chi connectivity index (χ1n) is 4.65. The molecular formula is C9H14BrN3O2S. The van der Waals surface area contributed by atoms with Crippen molar-refractivity contribution >= 4 is 37.5 Å². The molecule has 0 aromatic heterocycles. The highest BCUT2D eigenvalue weighted by Gasteiger charge is 2.13. The zero-order valence-electron chi connectivity index (χ0n) is 8.99. The molecule has 90 valence electrons. The Bertz CT molecular complexity index is 474. The zero-order chi connectivity index (χ0) is 12.3. The first kappa shape index (κ1) is 13.3. The molecule has 0 spiro atoms. The van der Waals surface area contributed by atoms with Gasteiger partial charge in [-0.3, -0.25) is 4.72 Å². The number of benzene rings is 1. The number of nitrogens with two attached hydrogens (primary N) is 1. The number of anilines is 2. The Hall–Kier alpha value is -0.790. The number of hydrogen-bond acceptors (Lipinski definition) is 3. The summed E-state index contributed by atoms with van der Waals surface area (Å²) in [6.45, 7) is 3.49. The van der Waals surface area contributed by atoms with E-state index in [1.165, 1.54) is 0 Å². The SMILES string of the molecule is CC(C)NS(=O)(=O)Nc1cc(N)ccc1Br. The van der Waals surface area contributed by atoms with Crippen LogP contribution < -0.4 is 15.2 Å². The van der Waals surface area contributed by atoms with Gasteiger partial charge >= 0.3 is 0 Å². The molecule has 0 aliphatic heterocycles. The Morgan fingerprint density at radius 2 is 2.00 bits per heavy atom. The van der Waals surface area contributed by atoms with Gasteiger partial charge in [0.2, 0.25) is 0 Å². The molecule has 0 aliphatic rings. The molecule has 0 fully saturated rings. The van der Waals surface area contributed by atoms with Crippen LogP contribution in [0.2, 0.25) is 0 Å². The lowest BCUT2D eigenvalue weighted by atomic mass is 10.3. The molecule has 0 saturated carbocycles. The molecule has 1 aromatic carbocycles. The van der Waals surface area contributed by atoms with Gasteiger partial charge < -0.3 is 5.73 Å². The monoisotopic (exact) mass is 307 g/mol. The second-order valence-electron chi connectivity index (χ2n) is 3.62. The van der Waals surface area contributed by atoms with Crippen LogP contribution in [0.4, 0.5) is 11.4 Å². The van der Waals surface area contributed by atoms with Crippen molar-refractivity contribution in [3.63, 3.8) is 0 Å². The van der Waals surface area contributed by atoms with E-state index in [1.807, 2.05) is 0 Å². The third-order valence-electron chi connectivity index (χ3n) is 1.63. The molecule has 1 aromatic rings. The van der Waals surface area contributed by atoms with E-state index in [0.717, 1.165) is 0 Å². The summed E-state index contributed by atoms with van der Waals surface area (Å²) in [7, 11) is -3.56. The average molecular weight is 308 g/mol. The van der Waals surface area contributed by atoms with E-state index in [-0.39, 0.29) is 6.04 Å². The van der Waals surface area contributed by atoms with Crippen LogP contribution in [-0.2, 0) is 10.2 Å². The van der Waals surface area contributed by atoms with Crippen LogP contribution in [0.15, 0.2) is 22.7 Å². The van der Waals surface area contributed by atoms with Gasteiger partial charge in [-0.05, 0) is 48.0 Å². The fourth-order valence-corrected chi connectivity index (χ4v) is 2.72. The quantitative estimate of drug-likeness (QED) is 0.740. The van der Waals surface area contributed by atoms with Crippen molar-refractivity contribution in [1.82, 2.24) is 4.72 Å². The van der Waals surface area contributed by atoms with Gasteiger partial charge in [-0.25, -0.2) is 0 Å². The van der Waals surface area contributed by atoms with Crippen molar-refractivity contribution in [2.75, 3.05) is 10.5 Å².